The van der Waals surface area contributed by atoms with Crippen LogP contribution < -0.4 is 5.56 Å². The summed E-state index contributed by atoms with van der Waals surface area (Å²) in [6.45, 7) is 4.04. The zero-order chi connectivity index (χ0) is 11.5. The molecule has 17 heavy (non-hydrogen) atoms. The van der Waals surface area contributed by atoms with E-state index in [0.717, 1.165) is 36.2 Å². The van der Waals surface area contributed by atoms with E-state index in [9.17, 15) is 4.79 Å². The van der Waals surface area contributed by atoms with Crippen LogP contribution in [0.3, 0.4) is 0 Å². The molecule has 92 valence electrons. The molecule has 2 aromatic rings. The number of unbranched alkanes of at least 4 members (excludes halogenated alkanes) is 1. The highest BCUT2D eigenvalue weighted by Gasteiger charge is 2.08. The number of fused-ring (bicyclic) bond motifs is 1. The number of hydrogen-bond acceptors (Lipinski definition) is 2. The molecule has 0 spiro atoms. The quantitative estimate of drug-likeness (QED) is 0.842. The average Bonchev–Trinajstić information content (AvgIpc) is 2.29. The molecular formula is C13H17ClN2O. The first-order valence-electron chi connectivity index (χ1n) is 5.71. The summed E-state index contributed by atoms with van der Waals surface area (Å²) in [6.07, 6.45) is 4.73. The third-order valence-electron chi connectivity index (χ3n) is 2.81. The summed E-state index contributed by atoms with van der Waals surface area (Å²) in [5.74, 6) is 0. The molecule has 2 aromatic heterocycles. The van der Waals surface area contributed by atoms with Crippen LogP contribution in [0.2, 0.25) is 0 Å². The first-order valence-corrected chi connectivity index (χ1v) is 5.71. The van der Waals surface area contributed by atoms with Crippen LogP contribution in [0.15, 0.2) is 29.2 Å². The Labute approximate surface area is 107 Å². The topological polar surface area (TPSA) is 34.4 Å². The zero-order valence-electron chi connectivity index (χ0n) is 10.1. The van der Waals surface area contributed by atoms with Crippen molar-refractivity contribution < 1.29 is 0 Å². The van der Waals surface area contributed by atoms with Crippen molar-refractivity contribution in [1.29, 1.82) is 0 Å². The first-order chi connectivity index (χ1) is 7.74. The van der Waals surface area contributed by atoms with Crippen LogP contribution in [0, 0.1) is 6.92 Å². The molecule has 2 rings (SSSR count). The fourth-order valence-corrected chi connectivity index (χ4v) is 1.88. The first kappa shape index (κ1) is 13.7. The number of hydrogen-bond donors (Lipinski definition) is 0. The van der Waals surface area contributed by atoms with Gasteiger partial charge in [0.2, 0.25) is 0 Å². The average molecular weight is 253 g/mol. The zero-order valence-corrected chi connectivity index (χ0v) is 11.0. The Morgan fingerprint density at radius 3 is 2.82 bits per heavy atom. The third-order valence-corrected chi connectivity index (χ3v) is 2.81. The Morgan fingerprint density at radius 1 is 1.35 bits per heavy atom. The van der Waals surface area contributed by atoms with Crippen molar-refractivity contribution >= 4 is 18.1 Å². The van der Waals surface area contributed by atoms with Gasteiger partial charge in [-0.15, -0.1) is 12.4 Å². The third kappa shape index (κ3) is 2.67. The fraction of sp³-hybridized carbons (Fsp3) is 0.385. The van der Waals surface area contributed by atoms with Gasteiger partial charge < -0.3 is 0 Å². The summed E-state index contributed by atoms with van der Waals surface area (Å²) < 4.78 is 1.62. The molecule has 0 bridgehead atoms. The van der Waals surface area contributed by atoms with Crippen LogP contribution in [0.1, 0.15) is 31.0 Å². The van der Waals surface area contributed by atoms with Crippen molar-refractivity contribution in [2.45, 2.75) is 33.1 Å². The Bertz CT molecular complexity index is 563. The van der Waals surface area contributed by atoms with Crippen molar-refractivity contribution in [3.8, 4) is 0 Å². The van der Waals surface area contributed by atoms with Crippen molar-refractivity contribution in [2.75, 3.05) is 0 Å². The Hall–Kier alpha value is -1.35. The molecule has 0 amide bonds. The number of aryl methyl sites for hydroxylation is 1. The van der Waals surface area contributed by atoms with Gasteiger partial charge in [-0.1, -0.05) is 19.4 Å². The largest absolute Gasteiger partial charge is 0.269 e. The molecule has 2 heterocycles. The summed E-state index contributed by atoms with van der Waals surface area (Å²) in [6, 6.07) is 5.61. The van der Waals surface area contributed by atoms with Crippen molar-refractivity contribution in [2.24, 2.45) is 0 Å². The van der Waals surface area contributed by atoms with E-state index in [1.54, 1.807) is 10.6 Å². The normalized spacial score (nSPS) is 10.2. The van der Waals surface area contributed by atoms with Gasteiger partial charge in [0.05, 0.1) is 0 Å². The minimum Gasteiger partial charge on any atom is -0.269 e. The smallest absolute Gasteiger partial charge is 0.261 e. The Morgan fingerprint density at radius 2 is 2.12 bits per heavy atom. The highest BCUT2D eigenvalue weighted by molar-refractivity contribution is 5.85. The van der Waals surface area contributed by atoms with Crippen LogP contribution in [0.4, 0.5) is 0 Å². The molecular weight excluding hydrogens is 236 g/mol. The van der Waals surface area contributed by atoms with Crippen LogP contribution in [-0.4, -0.2) is 9.38 Å². The van der Waals surface area contributed by atoms with Crippen molar-refractivity contribution in [3.63, 3.8) is 0 Å². The minimum absolute atomic E-state index is 0. The lowest BCUT2D eigenvalue weighted by molar-refractivity contribution is 0.771. The molecule has 0 aliphatic heterocycles. The highest BCUT2D eigenvalue weighted by atomic mass is 35.5. The van der Waals surface area contributed by atoms with E-state index in [1.165, 1.54) is 0 Å². The number of aromatic nitrogens is 2. The van der Waals surface area contributed by atoms with Gasteiger partial charge in [0, 0.05) is 17.5 Å². The van der Waals surface area contributed by atoms with Crippen LogP contribution in [0.25, 0.3) is 5.65 Å². The van der Waals surface area contributed by atoms with Crippen LogP contribution in [-0.2, 0) is 6.42 Å². The molecule has 0 aliphatic carbocycles. The van der Waals surface area contributed by atoms with Gasteiger partial charge in [0.25, 0.3) is 5.56 Å². The summed E-state index contributed by atoms with van der Waals surface area (Å²) >= 11 is 0. The molecule has 0 N–H and O–H groups in total. The molecule has 0 atom stereocenters. The minimum atomic E-state index is 0. The Balaban J connectivity index is 0.00000144. The van der Waals surface area contributed by atoms with Gasteiger partial charge in [-0.2, -0.15) is 0 Å². The standard InChI is InChI=1S/C13H16N2O.ClH/c1-3-4-7-11-10(2)14-12-8-5-6-9-15(12)13(11)16;/h5-6,8-9H,3-4,7H2,1-2H3;1H. The molecule has 0 aliphatic rings. The second-order valence-corrected chi connectivity index (χ2v) is 4.01. The van der Waals surface area contributed by atoms with E-state index < -0.39 is 0 Å². The van der Waals surface area contributed by atoms with E-state index >= 15 is 0 Å². The lowest BCUT2D eigenvalue weighted by Crippen LogP contribution is -2.21. The van der Waals surface area contributed by atoms with Gasteiger partial charge in [-0.05, 0) is 31.9 Å². The summed E-state index contributed by atoms with van der Waals surface area (Å²) in [5, 5.41) is 0. The van der Waals surface area contributed by atoms with E-state index in [2.05, 4.69) is 11.9 Å². The predicted molar refractivity (Wildman–Crippen MR) is 72.1 cm³/mol. The van der Waals surface area contributed by atoms with Gasteiger partial charge in [0.1, 0.15) is 5.65 Å². The maximum absolute atomic E-state index is 12.2. The maximum Gasteiger partial charge on any atom is 0.261 e. The lowest BCUT2D eigenvalue weighted by Gasteiger charge is -2.06. The number of rotatable bonds is 3. The number of pyridine rings is 1. The molecule has 0 saturated heterocycles. The summed E-state index contributed by atoms with van der Waals surface area (Å²) in [7, 11) is 0. The molecule has 4 heteroatoms. The molecule has 0 saturated carbocycles. The number of nitrogens with zero attached hydrogens (tertiary/aromatic N) is 2. The summed E-state index contributed by atoms with van der Waals surface area (Å²) in [5.41, 5.74) is 2.52. The van der Waals surface area contributed by atoms with Gasteiger partial charge in [0.15, 0.2) is 0 Å². The predicted octanol–water partition coefficient (Wildman–Crippen LogP) is 2.77. The molecule has 3 nitrogen and oxygen atoms in total. The molecule has 0 unspecified atom stereocenters. The van der Waals surface area contributed by atoms with E-state index in [1.807, 2.05) is 25.1 Å². The summed E-state index contributed by atoms with van der Waals surface area (Å²) in [4.78, 5) is 16.6. The SMILES string of the molecule is CCCCc1c(C)nc2ccccn2c1=O.Cl. The van der Waals surface area contributed by atoms with Gasteiger partial charge >= 0.3 is 0 Å². The van der Waals surface area contributed by atoms with Gasteiger partial charge in [-0.3, -0.25) is 9.20 Å². The van der Waals surface area contributed by atoms with Gasteiger partial charge in [-0.25, -0.2) is 4.98 Å². The molecule has 0 radical (unpaired) electrons. The van der Waals surface area contributed by atoms with Crippen molar-refractivity contribution in [3.05, 3.63) is 46.0 Å². The molecule has 0 fully saturated rings. The van der Waals surface area contributed by atoms with E-state index in [-0.39, 0.29) is 18.0 Å². The van der Waals surface area contributed by atoms with Crippen LogP contribution in [0.5, 0.6) is 0 Å². The molecule has 0 aromatic carbocycles. The second kappa shape index (κ2) is 5.82. The fourth-order valence-electron chi connectivity index (χ4n) is 1.88. The van der Waals surface area contributed by atoms with Crippen molar-refractivity contribution in [1.82, 2.24) is 9.38 Å². The van der Waals surface area contributed by atoms with E-state index in [0.29, 0.717) is 0 Å². The van der Waals surface area contributed by atoms with Crippen LogP contribution >= 0.6 is 12.4 Å². The van der Waals surface area contributed by atoms with E-state index in [4.69, 9.17) is 0 Å². The maximum atomic E-state index is 12.2. The monoisotopic (exact) mass is 252 g/mol. The highest BCUT2D eigenvalue weighted by Crippen LogP contribution is 2.06. The second-order valence-electron chi connectivity index (χ2n) is 4.01. The number of halogens is 1. The lowest BCUT2D eigenvalue weighted by atomic mass is 10.1. The Kier molecular flexibility index (Phi) is 4.70.